The Balaban J connectivity index is 2.06. The molecule has 0 heterocycles. The lowest BCUT2D eigenvalue weighted by atomic mass is 10.1. The van der Waals surface area contributed by atoms with Crippen LogP contribution in [0.5, 0.6) is 0 Å². The van der Waals surface area contributed by atoms with Crippen LogP contribution < -0.4 is 5.32 Å². The number of amides is 2. The molecule has 162 valence electrons. The van der Waals surface area contributed by atoms with Gasteiger partial charge in [-0.1, -0.05) is 48.9 Å². The van der Waals surface area contributed by atoms with Gasteiger partial charge in [0.1, 0.15) is 11.9 Å². The molecule has 2 aromatic carbocycles. The fourth-order valence-corrected chi connectivity index (χ4v) is 3.73. The van der Waals surface area contributed by atoms with Gasteiger partial charge in [0.05, 0.1) is 5.75 Å². The van der Waals surface area contributed by atoms with Crippen LogP contribution in [0.1, 0.15) is 43.9 Å². The minimum atomic E-state index is -0.570. The number of carbonyl (C=O) groups excluding carboxylic acids is 2. The number of halogens is 1. The SMILES string of the molecule is CCC(C)NC(=O)C(C)N(Cc1ccc(C)cc1)C(=O)CSCc1ccc(F)cc1. The second-order valence-corrected chi connectivity index (χ2v) is 8.61. The van der Waals surface area contributed by atoms with E-state index in [9.17, 15) is 14.0 Å². The van der Waals surface area contributed by atoms with Crippen LogP contribution >= 0.6 is 11.8 Å². The highest BCUT2D eigenvalue weighted by Gasteiger charge is 2.26. The van der Waals surface area contributed by atoms with E-state index in [0.717, 1.165) is 23.1 Å². The predicted octanol–water partition coefficient (Wildman–Crippen LogP) is 4.70. The third-order valence-corrected chi connectivity index (χ3v) is 6.04. The Morgan fingerprint density at radius 2 is 1.63 bits per heavy atom. The van der Waals surface area contributed by atoms with Crippen LogP contribution in [0.25, 0.3) is 0 Å². The van der Waals surface area contributed by atoms with Crippen molar-refractivity contribution < 1.29 is 14.0 Å². The molecule has 2 rings (SSSR count). The number of hydrogen-bond donors (Lipinski definition) is 1. The van der Waals surface area contributed by atoms with Crippen molar-refractivity contribution >= 4 is 23.6 Å². The molecule has 0 fully saturated rings. The fourth-order valence-electron chi connectivity index (χ4n) is 2.86. The highest BCUT2D eigenvalue weighted by atomic mass is 32.2. The number of carbonyl (C=O) groups is 2. The standard InChI is InChI=1S/C24H31FN2O2S/c1-5-18(3)26-24(29)19(4)27(14-20-8-6-17(2)7-9-20)23(28)16-30-15-21-10-12-22(25)13-11-21/h6-13,18-19H,5,14-16H2,1-4H3,(H,26,29). The number of nitrogens with one attached hydrogen (secondary N) is 1. The van der Waals surface area contributed by atoms with Crippen LogP contribution in [0, 0.1) is 12.7 Å². The second kappa shape index (κ2) is 11.7. The highest BCUT2D eigenvalue weighted by Crippen LogP contribution is 2.17. The molecular weight excluding hydrogens is 399 g/mol. The monoisotopic (exact) mass is 430 g/mol. The highest BCUT2D eigenvalue weighted by molar-refractivity contribution is 7.99. The van der Waals surface area contributed by atoms with Crippen molar-refractivity contribution in [3.8, 4) is 0 Å². The summed E-state index contributed by atoms with van der Waals surface area (Å²) in [7, 11) is 0. The Kier molecular flexibility index (Phi) is 9.37. The molecule has 0 spiro atoms. The molecule has 6 heteroatoms. The van der Waals surface area contributed by atoms with Gasteiger partial charge >= 0.3 is 0 Å². The molecule has 2 aromatic rings. The lowest BCUT2D eigenvalue weighted by Crippen LogP contribution is -2.50. The zero-order valence-corrected chi connectivity index (χ0v) is 19.0. The van der Waals surface area contributed by atoms with Gasteiger partial charge in [-0.3, -0.25) is 9.59 Å². The van der Waals surface area contributed by atoms with E-state index in [1.165, 1.54) is 23.9 Å². The second-order valence-electron chi connectivity index (χ2n) is 7.62. The van der Waals surface area contributed by atoms with Crippen molar-refractivity contribution in [2.24, 2.45) is 0 Å². The molecule has 1 N–H and O–H groups in total. The van der Waals surface area contributed by atoms with E-state index >= 15 is 0 Å². The van der Waals surface area contributed by atoms with E-state index in [-0.39, 0.29) is 29.4 Å². The smallest absolute Gasteiger partial charge is 0.242 e. The van der Waals surface area contributed by atoms with Gasteiger partial charge in [0.25, 0.3) is 0 Å². The summed E-state index contributed by atoms with van der Waals surface area (Å²) >= 11 is 1.46. The van der Waals surface area contributed by atoms with E-state index in [0.29, 0.717) is 12.3 Å². The quantitative estimate of drug-likeness (QED) is 0.594. The maximum atomic E-state index is 13.0. The maximum absolute atomic E-state index is 13.0. The summed E-state index contributed by atoms with van der Waals surface area (Å²) in [6.45, 7) is 8.13. The van der Waals surface area contributed by atoms with Gasteiger partial charge < -0.3 is 10.2 Å². The Morgan fingerprint density at radius 1 is 1.03 bits per heavy atom. The molecule has 30 heavy (non-hydrogen) atoms. The van der Waals surface area contributed by atoms with Gasteiger partial charge in [0.2, 0.25) is 11.8 Å². The summed E-state index contributed by atoms with van der Waals surface area (Å²) in [6, 6.07) is 13.8. The Bertz CT molecular complexity index is 824. The number of aryl methyl sites for hydroxylation is 1. The summed E-state index contributed by atoms with van der Waals surface area (Å²) in [5, 5.41) is 2.97. The first-order chi connectivity index (χ1) is 14.3. The largest absolute Gasteiger partial charge is 0.352 e. The van der Waals surface area contributed by atoms with Crippen LogP contribution in [-0.2, 0) is 21.9 Å². The van der Waals surface area contributed by atoms with Gasteiger partial charge in [-0.25, -0.2) is 4.39 Å². The normalized spacial score (nSPS) is 12.8. The van der Waals surface area contributed by atoms with Gasteiger partial charge in [-0.05, 0) is 50.5 Å². The summed E-state index contributed by atoms with van der Waals surface area (Å²) in [5.74, 6) is 0.357. The number of rotatable bonds is 10. The zero-order valence-electron chi connectivity index (χ0n) is 18.2. The number of thioether (sulfide) groups is 1. The van der Waals surface area contributed by atoms with E-state index in [1.54, 1.807) is 24.0 Å². The predicted molar refractivity (Wildman–Crippen MR) is 122 cm³/mol. The molecule has 0 aliphatic rings. The summed E-state index contributed by atoms with van der Waals surface area (Å²) in [6.07, 6.45) is 0.831. The van der Waals surface area contributed by atoms with Crippen LogP contribution in [-0.4, -0.2) is 34.6 Å². The average molecular weight is 431 g/mol. The molecule has 0 radical (unpaired) electrons. The lowest BCUT2D eigenvalue weighted by Gasteiger charge is -2.29. The summed E-state index contributed by atoms with van der Waals surface area (Å²) in [5.41, 5.74) is 3.09. The Morgan fingerprint density at radius 3 is 2.23 bits per heavy atom. The third kappa shape index (κ3) is 7.48. The third-order valence-electron chi connectivity index (χ3n) is 5.05. The minimum Gasteiger partial charge on any atom is -0.352 e. The molecule has 2 amide bonds. The van der Waals surface area contributed by atoms with Crippen LogP contribution in [0.2, 0.25) is 0 Å². The molecule has 0 aromatic heterocycles. The molecule has 0 aliphatic heterocycles. The lowest BCUT2D eigenvalue weighted by molar-refractivity contribution is -0.138. The van der Waals surface area contributed by atoms with Crippen LogP contribution in [0.3, 0.4) is 0 Å². The van der Waals surface area contributed by atoms with Crippen molar-refractivity contribution in [2.75, 3.05) is 5.75 Å². The molecule has 0 saturated heterocycles. The Hall–Kier alpha value is -2.34. The number of nitrogens with zero attached hydrogens (tertiary/aromatic N) is 1. The maximum Gasteiger partial charge on any atom is 0.242 e. The molecule has 2 atom stereocenters. The first kappa shape index (κ1) is 23.9. The van der Waals surface area contributed by atoms with Crippen LogP contribution in [0.15, 0.2) is 48.5 Å². The first-order valence-electron chi connectivity index (χ1n) is 10.3. The molecule has 0 saturated carbocycles. The molecule has 4 nitrogen and oxygen atoms in total. The number of hydrogen-bond acceptors (Lipinski definition) is 3. The van der Waals surface area contributed by atoms with Gasteiger partial charge in [0, 0.05) is 18.3 Å². The van der Waals surface area contributed by atoms with Crippen LogP contribution in [0.4, 0.5) is 4.39 Å². The van der Waals surface area contributed by atoms with Gasteiger partial charge in [-0.2, -0.15) is 0 Å². The van der Waals surface area contributed by atoms with E-state index in [1.807, 2.05) is 45.0 Å². The van der Waals surface area contributed by atoms with Crippen molar-refractivity contribution in [1.82, 2.24) is 10.2 Å². The minimum absolute atomic E-state index is 0.0594. The van der Waals surface area contributed by atoms with E-state index in [2.05, 4.69) is 5.32 Å². The molecule has 0 bridgehead atoms. The van der Waals surface area contributed by atoms with Crippen molar-refractivity contribution in [1.29, 1.82) is 0 Å². The molecular formula is C24H31FN2O2S. The Labute approximate surface area is 183 Å². The van der Waals surface area contributed by atoms with E-state index in [4.69, 9.17) is 0 Å². The topological polar surface area (TPSA) is 49.4 Å². The van der Waals surface area contributed by atoms with Gasteiger partial charge in [-0.15, -0.1) is 11.8 Å². The van der Waals surface area contributed by atoms with Crippen molar-refractivity contribution in [3.63, 3.8) is 0 Å². The molecule has 0 aliphatic carbocycles. The number of benzene rings is 2. The summed E-state index contributed by atoms with van der Waals surface area (Å²) < 4.78 is 13.0. The van der Waals surface area contributed by atoms with Crippen molar-refractivity contribution in [2.45, 2.75) is 58.5 Å². The average Bonchev–Trinajstić information content (AvgIpc) is 2.74. The zero-order chi connectivity index (χ0) is 22.1. The summed E-state index contributed by atoms with van der Waals surface area (Å²) in [4.78, 5) is 27.3. The van der Waals surface area contributed by atoms with E-state index < -0.39 is 6.04 Å². The first-order valence-corrected chi connectivity index (χ1v) is 11.4. The van der Waals surface area contributed by atoms with Crippen molar-refractivity contribution in [3.05, 3.63) is 71.0 Å². The molecule has 2 unspecified atom stereocenters. The fraction of sp³-hybridized carbons (Fsp3) is 0.417. The van der Waals surface area contributed by atoms with Gasteiger partial charge in [0.15, 0.2) is 0 Å².